The Kier molecular flexibility index (Phi) is 2.29. The Balaban J connectivity index is 2.26. The molecule has 9 heavy (non-hydrogen) atoms. The van der Waals surface area contributed by atoms with Gasteiger partial charge in [-0.1, -0.05) is 6.08 Å². The molecule has 1 nitrogen and oxygen atoms in total. The van der Waals surface area contributed by atoms with Crippen molar-refractivity contribution in [3.05, 3.63) is 12.7 Å². The highest BCUT2D eigenvalue weighted by atomic mass is 14.6. The quantitative estimate of drug-likeness (QED) is 0.530. The number of nitrogens with two attached hydrogens (primary N) is 1. The molecule has 0 atom stereocenters. The van der Waals surface area contributed by atoms with Crippen LogP contribution >= 0.6 is 0 Å². The van der Waals surface area contributed by atoms with E-state index < -0.39 is 0 Å². The monoisotopic (exact) mass is 125 g/mol. The molecule has 1 aliphatic carbocycles. The molecule has 0 saturated heterocycles. The first-order chi connectivity index (χ1) is 4.33. The van der Waals surface area contributed by atoms with Crippen molar-refractivity contribution in [2.24, 2.45) is 11.7 Å². The van der Waals surface area contributed by atoms with Crippen LogP contribution in [0.2, 0.25) is 0 Å². The van der Waals surface area contributed by atoms with Crippen molar-refractivity contribution in [3.63, 3.8) is 0 Å². The van der Waals surface area contributed by atoms with E-state index in [1.54, 1.807) is 0 Å². The third-order valence-electron chi connectivity index (χ3n) is 2.15. The van der Waals surface area contributed by atoms with E-state index in [2.05, 4.69) is 12.7 Å². The lowest BCUT2D eigenvalue weighted by Gasteiger charge is -2.22. The molecule has 2 N–H and O–H groups in total. The minimum Gasteiger partial charge on any atom is -0.328 e. The van der Waals surface area contributed by atoms with E-state index in [4.69, 9.17) is 5.73 Å². The van der Waals surface area contributed by atoms with E-state index in [9.17, 15) is 0 Å². The van der Waals surface area contributed by atoms with E-state index in [0.717, 1.165) is 5.92 Å². The Morgan fingerprint density at radius 1 is 1.22 bits per heavy atom. The summed E-state index contributed by atoms with van der Waals surface area (Å²) < 4.78 is 0. The zero-order valence-electron chi connectivity index (χ0n) is 5.84. The molecule has 0 aliphatic heterocycles. The fourth-order valence-corrected chi connectivity index (χ4v) is 1.38. The van der Waals surface area contributed by atoms with Crippen molar-refractivity contribution in [2.45, 2.75) is 31.7 Å². The maximum atomic E-state index is 5.72. The van der Waals surface area contributed by atoms with Gasteiger partial charge in [0.2, 0.25) is 0 Å². The van der Waals surface area contributed by atoms with Crippen LogP contribution in [0.3, 0.4) is 0 Å². The van der Waals surface area contributed by atoms with Gasteiger partial charge in [-0.3, -0.25) is 0 Å². The first-order valence-electron chi connectivity index (χ1n) is 3.71. The van der Waals surface area contributed by atoms with E-state index >= 15 is 0 Å². The molecule has 0 aromatic rings. The predicted molar refractivity (Wildman–Crippen MR) is 40.1 cm³/mol. The predicted octanol–water partition coefficient (Wildman–Crippen LogP) is 1.69. The molecule has 0 radical (unpaired) electrons. The highest BCUT2D eigenvalue weighted by Gasteiger charge is 2.14. The van der Waals surface area contributed by atoms with Crippen LogP contribution in [0.4, 0.5) is 0 Å². The second-order valence-electron chi connectivity index (χ2n) is 2.91. The highest BCUT2D eigenvalue weighted by molar-refractivity contribution is 4.84. The van der Waals surface area contributed by atoms with Crippen LogP contribution in [-0.4, -0.2) is 6.04 Å². The lowest BCUT2D eigenvalue weighted by molar-refractivity contribution is 0.376. The second kappa shape index (κ2) is 3.02. The molecule has 0 heterocycles. The summed E-state index contributed by atoms with van der Waals surface area (Å²) in [5.74, 6) is 0.754. The lowest BCUT2D eigenvalue weighted by atomic mass is 9.87. The zero-order chi connectivity index (χ0) is 6.69. The number of rotatable bonds is 1. The van der Waals surface area contributed by atoms with Crippen LogP contribution in [-0.2, 0) is 0 Å². The standard InChI is InChI=1S/C8H15N/c1-2-7-3-5-8(9)6-4-7/h2,7-8H,1,3-6,9H2. The van der Waals surface area contributed by atoms with Crippen LogP contribution < -0.4 is 5.73 Å². The summed E-state index contributed by atoms with van der Waals surface area (Å²) in [6.45, 7) is 3.77. The van der Waals surface area contributed by atoms with Crippen molar-refractivity contribution in [1.82, 2.24) is 0 Å². The summed E-state index contributed by atoms with van der Waals surface area (Å²) in [6, 6.07) is 0.473. The molecule has 0 amide bonds. The van der Waals surface area contributed by atoms with Crippen LogP contribution in [0.15, 0.2) is 12.7 Å². The molecular weight excluding hydrogens is 110 g/mol. The van der Waals surface area contributed by atoms with Gasteiger partial charge in [0.05, 0.1) is 0 Å². The fraction of sp³-hybridized carbons (Fsp3) is 0.750. The van der Waals surface area contributed by atoms with E-state index in [0.29, 0.717) is 6.04 Å². The van der Waals surface area contributed by atoms with Gasteiger partial charge in [-0.2, -0.15) is 0 Å². The van der Waals surface area contributed by atoms with Crippen molar-refractivity contribution in [1.29, 1.82) is 0 Å². The number of hydrogen-bond acceptors (Lipinski definition) is 1. The summed E-state index contributed by atoms with van der Waals surface area (Å²) in [4.78, 5) is 0. The average molecular weight is 125 g/mol. The molecule has 1 saturated carbocycles. The molecule has 1 heteroatoms. The van der Waals surface area contributed by atoms with E-state index in [-0.39, 0.29) is 0 Å². The van der Waals surface area contributed by atoms with Gasteiger partial charge in [0.15, 0.2) is 0 Å². The summed E-state index contributed by atoms with van der Waals surface area (Å²) in [5, 5.41) is 0. The SMILES string of the molecule is C=CC1CCC(N)CC1. The Bertz CT molecular complexity index is 90.7. The van der Waals surface area contributed by atoms with Gasteiger partial charge in [-0.15, -0.1) is 6.58 Å². The highest BCUT2D eigenvalue weighted by Crippen LogP contribution is 2.23. The van der Waals surface area contributed by atoms with Crippen molar-refractivity contribution < 1.29 is 0 Å². The van der Waals surface area contributed by atoms with Gasteiger partial charge in [0.1, 0.15) is 0 Å². The maximum Gasteiger partial charge on any atom is 0.00392 e. The summed E-state index contributed by atoms with van der Waals surface area (Å²) in [7, 11) is 0. The molecule has 0 spiro atoms. The summed E-state index contributed by atoms with van der Waals surface area (Å²) >= 11 is 0. The van der Waals surface area contributed by atoms with Gasteiger partial charge >= 0.3 is 0 Å². The molecular formula is C8H15N. The molecule has 1 aliphatic rings. The fourth-order valence-electron chi connectivity index (χ4n) is 1.38. The Morgan fingerprint density at radius 3 is 2.22 bits per heavy atom. The smallest absolute Gasteiger partial charge is 0.00392 e. The van der Waals surface area contributed by atoms with Crippen molar-refractivity contribution in [2.75, 3.05) is 0 Å². The third-order valence-corrected chi connectivity index (χ3v) is 2.15. The molecule has 0 bridgehead atoms. The van der Waals surface area contributed by atoms with Crippen LogP contribution in [0.1, 0.15) is 25.7 Å². The van der Waals surface area contributed by atoms with Gasteiger partial charge in [0, 0.05) is 6.04 Å². The molecule has 0 aromatic heterocycles. The van der Waals surface area contributed by atoms with Gasteiger partial charge < -0.3 is 5.73 Å². The Labute approximate surface area is 56.9 Å². The van der Waals surface area contributed by atoms with Crippen molar-refractivity contribution >= 4 is 0 Å². The first-order valence-corrected chi connectivity index (χ1v) is 3.71. The molecule has 1 fully saturated rings. The lowest BCUT2D eigenvalue weighted by Crippen LogP contribution is -2.25. The molecule has 52 valence electrons. The maximum absolute atomic E-state index is 5.72. The minimum atomic E-state index is 0.473. The zero-order valence-corrected chi connectivity index (χ0v) is 5.84. The Hall–Kier alpha value is -0.300. The average Bonchev–Trinajstić information content (AvgIpc) is 1.90. The van der Waals surface area contributed by atoms with Crippen LogP contribution in [0.5, 0.6) is 0 Å². The van der Waals surface area contributed by atoms with E-state index in [1.165, 1.54) is 25.7 Å². The van der Waals surface area contributed by atoms with Gasteiger partial charge in [0.25, 0.3) is 0 Å². The molecule has 0 unspecified atom stereocenters. The summed E-state index contributed by atoms with van der Waals surface area (Å²) in [5.41, 5.74) is 5.72. The van der Waals surface area contributed by atoms with Crippen molar-refractivity contribution in [3.8, 4) is 0 Å². The van der Waals surface area contributed by atoms with Gasteiger partial charge in [-0.25, -0.2) is 0 Å². The minimum absolute atomic E-state index is 0.473. The Morgan fingerprint density at radius 2 is 1.78 bits per heavy atom. The third kappa shape index (κ3) is 1.83. The number of hydrogen-bond donors (Lipinski definition) is 1. The normalized spacial score (nSPS) is 36.1. The van der Waals surface area contributed by atoms with E-state index in [1.807, 2.05) is 0 Å². The number of allylic oxidation sites excluding steroid dienone is 1. The van der Waals surface area contributed by atoms with Crippen LogP contribution in [0, 0.1) is 5.92 Å². The largest absolute Gasteiger partial charge is 0.328 e. The van der Waals surface area contributed by atoms with Crippen LogP contribution in [0.25, 0.3) is 0 Å². The molecule has 1 rings (SSSR count). The topological polar surface area (TPSA) is 26.0 Å². The first kappa shape index (κ1) is 6.81. The van der Waals surface area contributed by atoms with Gasteiger partial charge in [-0.05, 0) is 31.6 Å². The molecule has 0 aromatic carbocycles. The summed E-state index contributed by atoms with van der Waals surface area (Å²) in [6.07, 6.45) is 6.95. The second-order valence-corrected chi connectivity index (χ2v) is 2.91.